The van der Waals surface area contributed by atoms with Gasteiger partial charge in [0.2, 0.25) is 0 Å². The monoisotopic (exact) mass is 394 g/mol. The summed E-state index contributed by atoms with van der Waals surface area (Å²) >= 11 is 0. The van der Waals surface area contributed by atoms with Crippen molar-refractivity contribution in [3.8, 4) is 17.6 Å². The first-order valence-electron chi connectivity index (χ1n) is 8.24. The first kappa shape index (κ1) is 21.1. The van der Waals surface area contributed by atoms with Crippen LogP contribution >= 0.6 is 0 Å². The number of carbonyl (C=O) groups is 1. The molecule has 0 heterocycles. The SMILES string of the molecule is COc1ccc(F)cc1C(C)NC(=O)NCC#Cc1cccc(C(F)(F)F)c1. The highest BCUT2D eigenvalue weighted by atomic mass is 19.4. The zero-order valence-electron chi connectivity index (χ0n) is 15.2. The van der Waals surface area contributed by atoms with Crippen LogP contribution < -0.4 is 15.4 Å². The van der Waals surface area contributed by atoms with E-state index in [1.54, 1.807) is 6.92 Å². The number of halogens is 4. The summed E-state index contributed by atoms with van der Waals surface area (Å²) in [6, 6.07) is 7.47. The Bertz CT molecular complexity index is 901. The topological polar surface area (TPSA) is 50.4 Å². The minimum atomic E-state index is -4.44. The molecule has 4 nitrogen and oxygen atoms in total. The summed E-state index contributed by atoms with van der Waals surface area (Å²) in [4.78, 5) is 11.9. The quantitative estimate of drug-likeness (QED) is 0.601. The molecule has 0 saturated carbocycles. The second-order valence-electron chi connectivity index (χ2n) is 5.82. The van der Waals surface area contributed by atoms with E-state index in [2.05, 4.69) is 22.5 Å². The van der Waals surface area contributed by atoms with Crippen molar-refractivity contribution in [2.24, 2.45) is 0 Å². The average molecular weight is 394 g/mol. The van der Waals surface area contributed by atoms with Crippen molar-refractivity contribution in [2.45, 2.75) is 19.1 Å². The second kappa shape index (κ2) is 9.13. The molecule has 0 aliphatic rings. The van der Waals surface area contributed by atoms with Crippen molar-refractivity contribution >= 4 is 6.03 Å². The number of benzene rings is 2. The maximum atomic E-state index is 13.4. The molecule has 1 unspecified atom stereocenters. The molecule has 2 aromatic carbocycles. The molecule has 8 heteroatoms. The number of urea groups is 1. The summed E-state index contributed by atoms with van der Waals surface area (Å²) in [6.45, 7) is 1.58. The molecule has 1 atom stereocenters. The number of alkyl halides is 3. The molecule has 2 aromatic rings. The van der Waals surface area contributed by atoms with Gasteiger partial charge in [0.05, 0.1) is 25.3 Å². The van der Waals surface area contributed by atoms with E-state index in [4.69, 9.17) is 4.74 Å². The molecule has 0 aliphatic carbocycles. The van der Waals surface area contributed by atoms with Gasteiger partial charge in [-0.25, -0.2) is 9.18 Å². The van der Waals surface area contributed by atoms with Crippen molar-refractivity contribution in [3.05, 3.63) is 65.0 Å². The van der Waals surface area contributed by atoms with Crippen LogP contribution in [0.3, 0.4) is 0 Å². The number of nitrogens with one attached hydrogen (secondary N) is 2. The molecular formula is C20H18F4N2O2. The van der Waals surface area contributed by atoms with Crippen molar-refractivity contribution in [1.82, 2.24) is 10.6 Å². The lowest BCUT2D eigenvalue weighted by Crippen LogP contribution is -2.37. The second-order valence-corrected chi connectivity index (χ2v) is 5.82. The Hall–Kier alpha value is -3.21. The predicted octanol–water partition coefficient (Wildman–Crippen LogP) is 4.27. The Balaban J connectivity index is 1.92. The van der Waals surface area contributed by atoms with Gasteiger partial charge in [-0.2, -0.15) is 13.2 Å². The first-order chi connectivity index (χ1) is 13.2. The normalized spacial score (nSPS) is 11.8. The lowest BCUT2D eigenvalue weighted by Gasteiger charge is -2.17. The van der Waals surface area contributed by atoms with Gasteiger partial charge in [-0.3, -0.25) is 0 Å². The average Bonchev–Trinajstić information content (AvgIpc) is 2.64. The number of carbonyl (C=O) groups excluding carboxylic acids is 1. The van der Waals surface area contributed by atoms with Crippen LogP contribution in [0.25, 0.3) is 0 Å². The maximum absolute atomic E-state index is 13.4. The Morgan fingerprint density at radius 1 is 1.21 bits per heavy atom. The smallest absolute Gasteiger partial charge is 0.416 e. The zero-order valence-corrected chi connectivity index (χ0v) is 15.2. The fraction of sp³-hybridized carbons (Fsp3) is 0.250. The molecule has 148 valence electrons. The predicted molar refractivity (Wildman–Crippen MR) is 96.2 cm³/mol. The van der Waals surface area contributed by atoms with Crippen molar-refractivity contribution in [3.63, 3.8) is 0 Å². The standard InChI is InChI=1S/C20H18F4N2O2/c1-13(17-12-16(21)8-9-18(17)28-2)26-19(27)25-10-4-6-14-5-3-7-15(11-14)20(22,23)24/h3,5,7-9,11-13H,10H2,1-2H3,(H2,25,26,27). The van der Waals surface area contributed by atoms with E-state index in [-0.39, 0.29) is 12.1 Å². The highest BCUT2D eigenvalue weighted by Gasteiger charge is 2.30. The fourth-order valence-electron chi connectivity index (χ4n) is 2.41. The molecular weight excluding hydrogens is 376 g/mol. The van der Waals surface area contributed by atoms with Gasteiger partial charge in [0.25, 0.3) is 0 Å². The minimum Gasteiger partial charge on any atom is -0.496 e. The largest absolute Gasteiger partial charge is 0.496 e. The van der Waals surface area contributed by atoms with Crippen LogP contribution in [0.15, 0.2) is 42.5 Å². The molecule has 0 bridgehead atoms. The molecule has 0 fully saturated rings. The summed E-state index contributed by atoms with van der Waals surface area (Å²) in [5.74, 6) is 5.11. The van der Waals surface area contributed by atoms with E-state index in [9.17, 15) is 22.4 Å². The Morgan fingerprint density at radius 3 is 2.64 bits per heavy atom. The Labute approximate surface area is 159 Å². The maximum Gasteiger partial charge on any atom is 0.416 e. The number of methoxy groups -OCH3 is 1. The number of amides is 2. The third kappa shape index (κ3) is 5.91. The van der Waals surface area contributed by atoms with Gasteiger partial charge in [0.1, 0.15) is 11.6 Å². The van der Waals surface area contributed by atoms with E-state index in [0.717, 1.165) is 12.1 Å². The van der Waals surface area contributed by atoms with Gasteiger partial charge in [-0.15, -0.1) is 0 Å². The summed E-state index contributed by atoms with van der Waals surface area (Å²) in [5.41, 5.74) is -0.134. The number of ether oxygens (including phenoxy) is 1. The van der Waals surface area contributed by atoms with E-state index < -0.39 is 29.6 Å². The lowest BCUT2D eigenvalue weighted by molar-refractivity contribution is -0.137. The van der Waals surface area contributed by atoms with Gasteiger partial charge < -0.3 is 15.4 Å². The molecule has 0 aromatic heterocycles. The van der Waals surface area contributed by atoms with Gasteiger partial charge in [0, 0.05) is 11.1 Å². The molecule has 28 heavy (non-hydrogen) atoms. The van der Waals surface area contributed by atoms with Crippen LogP contribution in [-0.2, 0) is 6.18 Å². The summed E-state index contributed by atoms with van der Waals surface area (Å²) in [7, 11) is 1.44. The third-order valence-corrected chi connectivity index (χ3v) is 3.77. The summed E-state index contributed by atoms with van der Waals surface area (Å²) < 4.78 is 56.5. The van der Waals surface area contributed by atoms with Crippen molar-refractivity contribution in [2.75, 3.05) is 13.7 Å². The number of hydrogen-bond donors (Lipinski definition) is 2. The van der Waals surface area contributed by atoms with Crippen LogP contribution in [-0.4, -0.2) is 19.7 Å². The molecule has 2 amide bonds. The van der Waals surface area contributed by atoms with E-state index in [1.807, 2.05) is 0 Å². The molecule has 2 N–H and O–H groups in total. The zero-order chi connectivity index (χ0) is 20.7. The third-order valence-electron chi connectivity index (χ3n) is 3.77. The molecule has 0 radical (unpaired) electrons. The van der Waals surface area contributed by atoms with Gasteiger partial charge in [-0.05, 0) is 43.3 Å². The van der Waals surface area contributed by atoms with Gasteiger partial charge in [0.15, 0.2) is 0 Å². The first-order valence-corrected chi connectivity index (χ1v) is 8.24. The Kier molecular flexibility index (Phi) is 6.88. The van der Waals surface area contributed by atoms with Crippen molar-refractivity contribution < 1.29 is 27.1 Å². The minimum absolute atomic E-state index is 0.0743. The van der Waals surface area contributed by atoms with Gasteiger partial charge >= 0.3 is 12.2 Å². The number of hydrogen-bond acceptors (Lipinski definition) is 2. The highest BCUT2D eigenvalue weighted by Crippen LogP contribution is 2.29. The van der Waals surface area contributed by atoms with E-state index >= 15 is 0 Å². The van der Waals surface area contributed by atoms with Crippen LogP contribution in [0, 0.1) is 17.7 Å². The van der Waals surface area contributed by atoms with Crippen LogP contribution in [0.2, 0.25) is 0 Å². The molecule has 0 saturated heterocycles. The molecule has 0 spiro atoms. The fourth-order valence-corrected chi connectivity index (χ4v) is 2.41. The van der Waals surface area contributed by atoms with Crippen LogP contribution in [0.1, 0.15) is 29.7 Å². The summed E-state index contributed by atoms with van der Waals surface area (Å²) in [5, 5.41) is 5.08. The Morgan fingerprint density at radius 2 is 1.96 bits per heavy atom. The van der Waals surface area contributed by atoms with Crippen LogP contribution in [0.5, 0.6) is 5.75 Å². The van der Waals surface area contributed by atoms with Crippen molar-refractivity contribution in [1.29, 1.82) is 0 Å². The lowest BCUT2D eigenvalue weighted by atomic mass is 10.1. The van der Waals surface area contributed by atoms with E-state index in [0.29, 0.717) is 11.3 Å². The summed E-state index contributed by atoms with van der Waals surface area (Å²) in [6.07, 6.45) is -4.44. The number of rotatable bonds is 4. The van der Waals surface area contributed by atoms with Crippen LogP contribution in [0.4, 0.5) is 22.4 Å². The van der Waals surface area contributed by atoms with Gasteiger partial charge in [-0.1, -0.05) is 17.9 Å². The molecule has 0 aliphatic heterocycles. The highest BCUT2D eigenvalue weighted by molar-refractivity contribution is 5.74. The molecule has 2 rings (SSSR count). The van der Waals surface area contributed by atoms with E-state index in [1.165, 1.54) is 37.4 Å².